The van der Waals surface area contributed by atoms with E-state index in [4.69, 9.17) is 4.74 Å². The quantitative estimate of drug-likeness (QED) is 0.637. The molecule has 4 rings (SSSR count). The molecule has 1 fully saturated rings. The number of carbonyl (C=O) groups is 1. The lowest BCUT2D eigenvalue weighted by Gasteiger charge is -2.21. The molecular formula is C24H28N2O2. The molecule has 28 heavy (non-hydrogen) atoms. The number of aromatic amines is 1. The molecule has 4 nitrogen and oxygen atoms in total. The zero-order valence-corrected chi connectivity index (χ0v) is 16.5. The minimum Gasteiger partial charge on any atom is -0.497 e. The Hall–Kier alpha value is -2.75. The summed E-state index contributed by atoms with van der Waals surface area (Å²) in [6, 6.07) is 16.6. The molecule has 0 unspecified atom stereocenters. The molecule has 0 aliphatic carbocycles. The molecule has 1 aliphatic heterocycles. The number of amides is 1. The summed E-state index contributed by atoms with van der Waals surface area (Å²) in [5, 5.41) is 1.16. The summed E-state index contributed by atoms with van der Waals surface area (Å²) in [5.41, 5.74) is 3.63. The van der Waals surface area contributed by atoms with Gasteiger partial charge >= 0.3 is 0 Å². The number of fused-ring (bicyclic) bond motifs is 1. The summed E-state index contributed by atoms with van der Waals surface area (Å²) >= 11 is 0. The molecule has 1 atom stereocenters. The van der Waals surface area contributed by atoms with Crippen LogP contribution in [0.2, 0.25) is 0 Å². The normalized spacial score (nSPS) is 15.1. The van der Waals surface area contributed by atoms with Crippen molar-refractivity contribution in [2.75, 3.05) is 20.2 Å². The van der Waals surface area contributed by atoms with Crippen molar-refractivity contribution in [3.63, 3.8) is 0 Å². The minimum atomic E-state index is 0.189. The first-order valence-electron chi connectivity index (χ1n) is 10.2. The van der Waals surface area contributed by atoms with E-state index < -0.39 is 0 Å². The van der Waals surface area contributed by atoms with Crippen LogP contribution in [0.1, 0.15) is 42.7 Å². The van der Waals surface area contributed by atoms with Crippen LogP contribution in [0.3, 0.4) is 0 Å². The van der Waals surface area contributed by atoms with Crippen LogP contribution in [0.4, 0.5) is 0 Å². The molecule has 1 amide bonds. The molecular weight excluding hydrogens is 348 g/mol. The zero-order valence-electron chi connectivity index (χ0n) is 16.5. The van der Waals surface area contributed by atoms with Crippen LogP contribution in [0, 0.1) is 0 Å². The van der Waals surface area contributed by atoms with E-state index in [0.717, 1.165) is 55.4 Å². The van der Waals surface area contributed by atoms with E-state index >= 15 is 0 Å². The number of hydrogen-bond donors (Lipinski definition) is 1. The van der Waals surface area contributed by atoms with E-state index in [2.05, 4.69) is 41.5 Å². The molecule has 1 N–H and O–H groups in total. The standard InChI is InChI=1S/C24H28N2O2/c1-28-20-11-12-23-21(16-20)22(17-25-23)19(10-9-18-7-3-2-4-8-18)15-24(27)26-13-5-6-14-26/h2-4,7-8,11-12,16-17,19,25H,5-6,9-10,13-15H2,1H3/t19-/m1/s1. The van der Waals surface area contributed by atoms with Crippen LogP contribution in [-0.2, 0) is 11.2 Å². The Labute approximate surface area is 166 Å². The van der Waals surface area contributed by atoms with Crippen LogP contribution in [0.5, 0.6) is 5.75 Å². The molecule has 146 valence electrons. The Bertz CT molecular complexity index is 926. The van der Waals surface area contributed by atoms with Gasteiger partial charge in [-0.1, -0.05) is 30.3 Å². The molecule has 1 aromatic heterocycles. The second kappa shape index (κ2) is 8.51. The van der Waals surface area contributed by atoms with Crippen molar-refractivity contribution in [3.05, 3.63) is 65.9 Å². The predicted molar refractivity (Wildman–Crippen MR) is 113 cm³/mol. The third-order valence-electron chi connectivity index (χ3n) is 5.86. The van der Waals surface area contributed by atoms with Crippen LogP contribution in [0.15, 0.2) is 54.7 Å². The largest absolute Gasteiger partial charge is 0.497 e. The van der Waals surface area contributed by atoms with Gasteiger partial charge in [0.2, 0.25) is 5.91 Å². The summed E-state index contributed by atoms with van der Waals surface area (Å²) in [6.07, 6.45) is 6.83. The van der Waals surface area contributed by atoms with Gasteiger partial charge in [-0.2, -0.15) is 0 Å². The Kier molecular flexibility index (Phi) is 5.65. The number of nitrogens with zero attached hydrogens (tertiary/aromatic N) is 1. The number of likely N-dealkylation sites (tertiary alicyclic amines) is 1. The first kappa shape index (κ1) is 18.6. The minimum absolute atomic E-state index is 0.189. The number of rotatable bonds is 7. The van der Waals surface area contributed by atoms with Crippen molar-refractivity contribution in [2.45, 2.75) is 38.0 Å². The van der Waals surface area contributed by atoms with Crippen molar-refractivity contribution < 1.29 is 9.53 Å². The number of ether oxygens (including phenoxy) is 1. The Morgan fingerprint density at radius 1 is 1.14 bits per heavy atom. The summed E-state index contributed by atoms with van der Waals surface area (Å²) in [5.74, 6) is 1.32. The molecule has 0 saturated carbocycles. The summed E-state index contributed by atoms with van der Waals surface area (Å²) in [4.78, 5) is 18.3. The van der Waals surface area contributed by atoms with Gasteiger partial charge in [-0.15, -0.1) is 0 Å². The highest BCUT2D eigenvalue weighted by Gasteiger charge is 2.24. The molecule has 3 aromatic rings. The van der Waals surface area contributed by atoms with Crippen LogP contribution >= 0.6 is 0 Å². The lowest BCUT2D eigenvalue weighted by Crippen LogP contribution is -2.29. The van der Waals surface area contributed by atoms with E-state index in [9.17, 15) is 4.79 Å². The second-order valence-corrected chi connectivity index (χ2v) is 7.67. The Morgan fingerprint density at radius 3 is 2.68 bits per heavy atom. The van der Waals surface area contributed by atoms with Gasteiger partial charge in [-0.25, -0.2) is 0 Å². The van der Waals surface area contributed by atoms with Crippen molar-refractivity contribution >= 4 is 16.8 Å². The first-order chi connectivity index (χ1) is 13.7. The van der Waals surface area contributed by atoms with E-state index in [-0.39, 0.29) is 11.8 Å². The second-order valence-electron chi connectivity index (χ2n) is 7.67. The third kappa shape index (κ3) is 4.06. The van der Waals surface area contributed by atoms with Crippen LogP contribution in [0.25, 0.3) is 10.9 Å². The first-order valence-corrected chi connectivity index (χ1v) is 10.2. The molecule has 2 aromatic carbocycles. The number of carbonyl (C=O) groups excluding carboxylic acids is 1. The topological polar surface area (TPSA) is 45.3 Å². The van der Waals surface area contributed by atoms with Crippen molar-refractivity contribution in [2.24, 2.45) is 0 Å². The smallest absolute Gasteiger partial charge is 0.223 e. The van der Waals surface area contributed by atoms with Gasteiger partial charge in [0.25, 0.3) is 0 Å². The SMILES string of the molecule is COc1ccc2[nH]cc([C@H](CCc3ccccc3)CC(=O)N3CCCC3)c2c1. The maximum absolute atomic E-state index is 12.9. The number of hydrogen-bond acceptors (Lipinski definition) is 2. The average Bonchev–Trinajstić information content (AvgIpc) is 3.41. The molecule has 0 spiro atoms. The van der Waals surface area contributed by atoms with E-state index in [0.29, 0.717) is 6.42 Å². The van der Waals surface area contributed by atoms with Crippen LogP contribution in [-0.4, -0.2) is 36.0 Å². The molecule has 2 heterocycles. The van der Waals surface area contributed by atoms with Crippen LogP contribution < -0.4 is 4.74 Å². The van der Waals surface area contributed by atoms with E-state index in [1.54, 1.807) is 7.11 Å². The third-order valence-corrected chi connectivity index (χ3v) is 5.86. The Balaban J connectivity index is 1.60. The van der Waals surface area contributed by atoms with Gasteiger partial charge in [0, 0.05) is 36.6 Å². The zero-order chi connectivity index (χ0) is 19.3. The van der Waals surface area contributed by atoms with Gasteiger partial charge in [0.15, 0.2) is 0 Å². The molecule has 4 heteroatoms. The fourth-order valence-electron chi connectivity index (χ4n) is 4.25. The molecule has 0 bridgehead atoms. The number of aryl methyl sites for hydroxylation is 1. The van der Waals surface area contributed by atoms with Gasteiger partial charge in [0.05, 0.1) is 7.11 Å². The summed E-state index contributed by atoms with van der Waals surface area (Å²) in [7, 11) is 1.69. The fraction of sp³-hybridized carbons (Fsp3) is 0.375. The predicted octanol–water partition coefficient (Wildman–Crippen LogP) is 4.91. The van der Waals surface area contributed by atoms with Gasteiger partial charge in [0.1, 0.15) is 5.75 Å². The summed E-state index contributed by atoms with van der Waals surface area (Å²) < 4.78 is 5.43. The maximum Gasteiger partial charge on any atom is 0.223 e. The summed E-state index contributed by atoms with van der Waals surface area (Å²) in [6.45, 7) is 1.82. The molecule has 1 saturated heterocycles. The monoisotopic (exact) mass is 376 g/mol. The van der Waals surface area contributed by atoms with E-state index in [1.165, 1.54) is 11.1 Å². The Morgan fingerprint density at radius 2 is 1.93 bits per heavy atom. The lowest BCUT2D eigenvalue weighted by atomic mass is 9.89. The number of H-pyrrole nitrogens is 1. The highest BCUT2D eigenvalue weighted by atomic mass is 16.5. The fourth-order valence-corrected chi connectivity index (χ4v) is 4.25. The maximum atomic E-state index is 12.9. The van der Waals surface area contributed by atoms with Gasteiger partial charge in [-0.3, -0.25) is 4.79 Å². The van der Waals surface area contributed by atoms with Crippen molar-refractivity contribution in [1.29, 1.82) is 0 Å². The number of nitrogens with one attached hydrogen (secondary N) is 1. The van der Waals surface area contributed by atoms with Gasteiger partial charge < -0.3 is 14.6 Å². The highest BCUT2D eigenvalue weighted by Crippen LogP contribution is 2.34. The van der Waals surface area contributed by atoms with E-state index in [1.807, 2.05) is 23.1 Å². The average molecular weight is 377 g/mol. The number of aromatic nitrogens is 1. The number of methoxy groups -OCH3 is 1. The van der Waals surface area contributed by atoms with Crippen molar-refractivity contribution in [1.82, 2.24) is 9.88 Å². The van der Waals surface area contributed by atoms with Gasteiger partial charge in [-0.05, 0) is 60.9 Å². The van der Waals surface area contributed by atoms with Crippen molar-refractivity contribution in [3.8, 4) is 5.75 Å². The number of benzene rings is 2. The molecule has 1 aliphatic rings. The highest BCUT2D eigenvalue weighted by molar-refractivity contribution is 5.86. The lowest BCUT2D eigenvalue weighted by molar-refractivity contribution is -0.130. The molecule has 0 radical (unpaired) electrons.